The van der Waals surface area contributed by atoms with Crippen LogP contribution in [-0.4, -0.2) is 29.7 Å². The Kier molecular flexibility index (Phi) is 4.80. The van der Waals surface area contributed by atoms with Crippen molar-refractivity contribution in [3.8, 4) is 11.1 Å². The van der Waals surface area contributed by atoms with E-state index in [1.54, 1.807) is 0 Å². The minimum Gasteiger partial charge on any atom is -0.448 e. The van der Waals surface area contributed by atoms with Crippen LogP contribution >= 0.6 is 11.6 Å². The zero-order chi connectivity index (χ0) is 21.7. The van der Waals surface area contributed by atoms with Crippen LogP contribution in [0, 0.1) is 0 Å². The molecule has 0 saturated carbocycles. The van der Waals surface area contributed by atoms with Crippen LogP contribution in [0.15, 0.2) is 78.9 Å². The minimum absolute atomic E-state index is 0.0892. The molecule has 2 heterocycles. The van der Waals surface area contributed by atoms with Crippen molar-refractivity contribution in [2.45, 2.75) is 37.3 Å². The van der Waals surface area contributed by atoms with E-state index in [1.807, 2.05) is 23.1 Å². The lowest BCUT2D eigenvalue weighted by Gasteiger charge is -2.33. The molecule has 1 aliphatic carbocycles. The number of ether oxygens (including phenoxy) is 1. The topological polar surface area (TPSA) is 29.5 Å². The Bertz CT molecular complexity index is 1190. The van der Waals surface area contributed by atoms with Gasteiger partial charge in [-0.05, 0) is 64.8 Å². The number of fused-ring (bicyclic) bond motifs is 5. The van der Waals surface area contributed by atoms with Gasteiger partial charge in [0.25, 0.3) is 0 Å². The van der Waals surface area contributed by atoms with Crippen LogP contribution in [-0.2, 0) is 4.74 Å². The maximum absolute atomic E-state index is 13.2. The summed E-state index contributed by atoms with van der Waals surface area (Å²) in [6.07, 6.45) is 4.88. The normalized spacial score (nSPS) is 21.2. The number of benzene rings is 3. The van der Waals surface area contributed by atoms with Gasteiger partial charge in [0.2, 0.25) is 0 Å². The molecule has 160 valence electrons. The van der Waals surface area contributed by atoms with E-state index < -0.39 is 0 Å². The summed E-state index contributed by atoms with van der Waals surface area (Å²) in [5.74, 6) is 0.0892. The monoisotopic (exact) mass is 441 g/mol. The van der Waals surface area contributed by atoms with Crippen molar-refractivity contribution in [3.05, 3.63) is 101 Å². The maximum atomic E-state index is 13.2. The lowest BCUT2D eigenvalue weighted by atomic mass is 9.95. The number of halogens is 1. The van der Waals surface area contributed by atoms with Gasteiger partial charge in [-0.1, -0.05) is 78.3 Å². The first-order valence-corrected chi connectivity index (χ1v) is 11.7. The Morgan fingerprint density at radius 3 is 2.34 bits per heavy atom. The van der Waals surface area contributed by atoms with Gasteiger partial charge in [-0.3, -0.25) is 4.90 Å². The van der Waals surface area contributed by atoms with Crippen LogP contribution in [0.25, 0.3) is 16.7 Å². The predicted molar refractivity (Wildman–Crippen MR) is 128 cm³/mol. The smallest absolute Gasteiger partial charge is 0.410 e. The summed E-state index contributed by atoms with van der Waals surface area (Å²) in [4.78, 5) is 15.1. The van der Waals surface area contributed by atoms with Gasteiger partial charge in [0, 0.05) is 17.0 Å². The molecule has 2 unspecified atom stereocenters. The Hall–Kier alpha value is -3.04. The molecule has 2 atom stereocenters. The number of carbonyl (C=O) groups is 1. The molecule has 1 amide bonds. The van der Waals surface area contributed by atoms with Crippen molar-refractivity contribution in [1.29, 1.82) is 0 Å². The Morgan fingerprint density at radius 2 is 1.66 bits per heavy atom. The first-order chi connectivity index (χ1) is 15.7. The molecule has 3 aromatic carbocycles. The molecule has 32 heavy (non-hydrogen) atoms. The Balaban J connectivity index is 1.20. The fourth-order valence-electron chi connectivity index (χ4n) is 5.69. The van der Waals surface area contributed by atoms with Crippen molar-refractivity contribution in [2.75, 3.05) is 6.61 Å². The summed E-state index contributed by atoms with van der Waals surface area (Å²) >= 11 is 6.20. The summed E-state index contributed by atoms with van der Waals surface area (Å²) in [6.45, 7) is 0.369. The summed E-state index contributed by atoms with van der Waals surface area (Å²) in [7, 11) is 0. The third kappa shape index (κ3) is 3.23. The lowest BCUT2D eigenvalue weighted by molar-refractivity contribution is 0.0866. The Labute approximate surface area is 193 Å². The minimum atomic E-state index is -0.194. The number of hydrogen-bond acceptors (Lipinski definition) is 2. The molecule has 3 aliphatic rings. The highest BCUT2D eigenvalue weighted by atomic mass is 35.5. The van der Waals surface area contributed by atoms with Gasteiger partial charge in [0.15, 0.2) is 0 Å². The van der Waals surface area contributed by atoms with E-state index in [9.17, 15) is 4.79 Å². The predicted octanol–water partition coefficient (Wildman–Crippen LogP) is 6.91. The second kappa shape index (κ2) is 7.83. The molecule has 0 aromatic heterocycles. The third-order valence-corrected chi connectivity index (χ3v) is 7.37. The Morgan fingerprint density at radius 1 is 0.938 bits per heavy atom. The fraction of sp³-hybridized carbons (Fsp3) is 0.250. The molecule has 6 rings (SSSR count). The standard InChI is InChI=1S/C28H24ClNO2/c29-20-7-5-6-18(14-20)19-15-21-12-13-22(16-19)30(21)28(31)32-17-27-25-10-3-1-8-23(25)24-9-2-4-11-26(24)27/h1-11,14-15,21-22,27H,12-13,16-17H2. The van der Waals surface area contributed by atoms with Crippen molar-refractivity contribution in [1.82, 2.24) is 4.90 Å². The van der Waals surface area contributed by atoms with Gasteiger partial charge in [-0.25, -0.2) is 4.79 Å². The number of rotatable bonds is 3. The van der Waals surface area contributed by atoms with Crippen molar-refractivity contribution < 1.29 is 9.53 Å². The second-order valence-corrected chi connectivity index (χ2v) is 9.35. The first-order valence-electron chi connectivity index (χ1n) is 11.3. The van der Waals surface area contributed by atoms with Gasteiger partial charge in [-0.15, -0.1) is 0 Å². The van der Waals surface area contributed by atoms with Crippen LogP contribution in [0.2, 0.25) is 5.02 Å². The quantitative estimate of drug-likeness (QED) is 0.442. The van der Waals surface area contributed by atoms with Crippen molar-refractivity contribution in [2.24, 2.45) is 0 Å². The average molecular weight is 442 g/mol. The zero-order valence-electron chi connectivity index (χ0n) is 17.7. The van der Waals surface area contributed by atoms with Crippen LogP contribution in [0.1, 0.15) is 41.9 Å². The number of nitrogens with zero attached hydrogens (tertiary/aromatic N) is 1. The highest BCUT2D eigenvalue weighted by Gasteiger charge is 2.41. The molecular weight excluding hydrogens is 418 g/mol. The van der Waals surface area contributed by atoms with E-state index in [4.69, 9.17) is 16.3 Å². The summed E-state index contributed by atoms with van der Waals surface area (Å²) < 4.78 is 5.96. The van der Waals surface area contributed by atoms with E-state index >= 15 is 0 Å². The molecule has 3 aromatic rings. The largest absolute Gasteiger partial charge is 0.448 e. The first kappa shape index (κ1) is 19.6. The van der Waals surface area contributed by atoms with Gasteiger partial charge in [0.1, 0.15) is 6.61 Å². The van der Waals surface area contributed by atoms with Crippen molar-refractivity contribution >= 4 is 23.3 Å². The summed E-state index contributed by atoms with van der Waals surface area (Å²) in [6, 6.07) is 25.1. The molecule has 0 spiro atoms. The number of carbonyl (C=O) groups excluding carboxylic acids is 1. The molecule has 0 N–H and O–H groups in total. The van der Waals surface area contributed by atoms with Gasteiger partial charge < -0.3 is 4.74 Å². The fourth-order valence-corrected chi connectivity index (χ4v) is 5.88. The molecule has 2 aliphatic heterocycles. The van der Waals surface area contributed by atoms with E-state index in [1.165, 1.54) is 27.8 Å². The molecular formula is C28H24ClNO2. The summed E-state index contributed by atoms with van der Waals surface area (Å²) in [5.41, 5.74) is 7.41. The summed E-state index contributed by atoms with van der Waals surface area (Å²) in [5, 5.41) is 0.745. The van der Waals surface area contributed by atoms with E-state index in [-0.39, 0.29) is 24.1 Å². The molecule has 1 fully saturated rings. The highest BCUT2D eigenvalue weighted by Crippen LogP contribution is 2.45. The van der Waals surface area contributed by atoms with E-state index in [0.717, 1.165) is 29.8 Å². The van der Waals surface area contributed by atoms with Crippen LogP contribution < -0.4 is 0 Å². The van der Waals surface area contributed by atoms with Gasteiger partial charge in [-0.2, -0.15) is 0 Å². The zero-order valence-corrected chi connectivity index (χ0v) is 18.5. The van der Waals surface area contributed by atoms with Gasteiger partial charge >= 0.3 is 6.09 Å². The lowest BCUT2D eigenvalue weighted by Crippen LogP contribution is -2.43. The average Bonchev–Trinajstić information content (AvgIpc) is 3.28. The SMILES string of the molecule is O=C(OCC1c2ccccc2-c2ccccc21)N1C2C=C(c3cccc(Cl)c3)CC1CC2. The highest BCUT2D eigenvalue weighted by molar-refractivity contribution is 6.30. The molecule has 2 bridgehead atoms. The van der Waals surface area contributed by atoms with Crippen LogP contribution in [0.4, 0.5) is 4.79 Å². The van der Waals surface area contributed by atoms with E-state index in [0.29, 0.717) is 6.61 Å². The maximum Gasteiger partial charge on any atom is 0.410 e. The van der Waals surface area contributed by atoms with Crippen molar-refractivity contribution in [3.63, 3.8) is 0 Å². The molecule has 0 radical (unpaired) electrons. The van der Waals surface area contributed by atoms with Gasteiger partial charge in [0.05, 0.1) is 6.04 Å². The number of amides is 1. The number of hydrogen-bond donors (Lipinski definition) is 0. The second-order valence-electron chi connectivity index (χ2n) is 8.92. The molecule has 3 nitrogen and oxygen atoms in total. The van der Waals surface area contributed by atoms with Crippen LogP contribution in [0.5, 0.6) is 0 Å². The van der Waals surface area contributed by atoms with E-state index in [2.05, 4.69) is 60.7 Å². The molecule has 1 saturated heterocycles. The molecule has 4 heteroatoms. The van der Waals surface area contributed by atoms with Crippen LogP contribution in [0.3, 0.4) is 0 Å². The third-order valence-electron chi connectivity index (χ3n) is 7.14.